The fraction of sp³-hybridized carbons (Fsp3) is 1.00. The summed E-state index contributed by atoms with van der Waals surface area (Å²) < 4.78 is 74.6. The van der Waals surface area contributed by atoms with E-state index in [1.165, 1.54) is 0 Å². The highest BCUT2D eigenvalue weighted by Crippen LogP contribution is 2.31. The largest absolute Gasteiger partial charge is 0.416 e. The molecule has 2 saturated heterocycles. The van der Waals surface area contributed by atoms with E-state index in [1.807, 2.05) is 0 Å². The van der Waals surface area contributed by atoms with Crippen LogP contribution in [0.3, 0.4) is 0 Å². The van der Waals surface area contributed by atoms with E-state index in [-0.39, 0.29) is 13.2 Å². The number of ether oxygens (including phenoxy) is 2. The molecule has 2 aliphatic rings. The van der Waals surface area contributed by atoms with Crippen LogP contribution in [0.4, 0.5) is 26.3 Å². The Labute approximate surface area is 74.8 Å². The standard InChI is InChI=1S/2C3H3F3O/c2*4-3(5,6)2-1-7-2/h2*2H,1H2/t2-;/m1./s1. The molecule has 1 unspecified atom stereocenters. The molecule has 0 N–H and O–H groups in total. The van der Waals surface area contributed by atoms with Gasteiger partial charge in [0.2, 0.25) is 0 Å². The minimum atomic E-state index is -4.11. The Morgan fingerprint density at radius 1 is 0.714 bits per heavy atom. The Kier molecular flexibility index (Phi) is 2.96. The van der Waals surface area contributed by atoms with Crippen molar-refractivity contribution in [1.82, 2.24) is 0 Å². The summed E-state index contributed by atoms with van der Waals surface area (Å²) in [5.41, 5.74) is 0. The lowest BCUT2D eigenvalue weighted by Crippen LogP contribution is -2.15. The fourth-order valence-corrected chi connectivity index (χ4v) is 0.474. The van der Waals surface area contributed by atoms with Crippen LogP contribution in [0.1, 0.15) is 0 Å². The average molecular weight is 224 g/mol. The van der Waals surface area contributed by atoms with Gasteiger partial charge in [0.05, 0.1) is 13.2 Å². The quantitative estimate of drug-likeness (QED) is 0.463. The van der Waals surface area contributed by atoms with Crippen molar-refractivity contribution < 1.29 is 35.8 Å². The predicted octanol–water partition coefficient (Wildman–Crippen LogP) is 1.89. The average Bonchev–Trinajstić information content (AvgIpc) is 2.81. The zero-order chi connectivity index (χ0) is 11.0. The zero-order valence-electron chi connectivity index (χ0n) is 6.65. The fourth-order valence-electron chi connectivity index (χ4n) is 0.474. The van der Waals surface area contributed by atoms with E-state index in [1.54, 1.807) is 0 Å². The van der Waals surface area contributed by atoms with Gasteiger partial charge in [-0.15, -0.1) is 0 Å². The van der Waals surface area contributed by atoms with Crippen LogP contribution in [-0.2, 0) is 9.47 Å². The molecule has 0 saturated carbocycles. The van der Waals surface area contributed by atoms with E-state index in [2.05, 4.69) is 9.47 Å². The summed E-state index contributed by atoms with van der Waals surface area (Å²) in [6, 6.07) is 0. The first-order chi connectivity index (χ1) is 6.21. The lowest BCUT2D eigenvalue weighted by atomic mass is 10.5. The molecular formula is C6H6F6O2. The lowest BCUT2D eigenvalue weighted by Gasteiger charge is -1.96. The normalized spacial score (nSPS) is 30.4. The maximum absolute atomic E-state index is 11.1. The van der Waals surface area contributed by atoms with Crippen molar-refractivity contribution in [2.24, 2.45) is 0 Å². The van der Waals surface area contributed by atoms with E-state index in [9.17, 15) is 26.3 Å². The number of hydrogen-bond donors (Lipinski definition) is 0. The van der Waals surface area contributed by atoms with Gasteiger partial charge < -0.3 is 9.47 Å². The van der Waals surface area contributed by atoms with E-state index < -0.39 is 24.6 Å². The molecule has 0 aromatic heterocycles. The Hall–Kier alpha value is -0.500. The van der Waals surface area contributed by atoms with Gasteiger partial charge in [-0.1, -0.05) is 0 Å². The molecule has 0 amide bonds. The highest BCUT2D eigenvalue weighted by atomic mass is 19.4. The summed E-state index contributed by atoms with van der Waals surface area (Å²) in [6.45, 7) is -0.299. The second-order valence-corrected chi connectivity index (χ2v) is 2.73. The highest BCUT2D eigenvalue weighted by Gasteiger charge is 2.49. The van der Waals surface area contributed by atoms with Crippen molar-refractivity contribution in [3.8, 4) is 0 Å². The molecule has 0 radical (unpaired) electrons. The predicted molar refractivity (Wildman–Crippen MR) is 31.6 cm³/mol. The van der Waals surface area contributed by atoms with Gasteiger partial charge in [-0.25, -0.2) is 0 Å². The van der Waals surface area contributed by atoms with Crippen molar-refractivity contribution in [3.05, 3.63) is 0 Å². The van der Waals surface area contributed by atoms with Gasteiger partial charge in [-0.05, 0) is 0 Å². The number of halogens is 6. The van der Waals surface area contributed by atoms with Crippen LogP contribution < -0.4 is 0 Å². The van der Waals surface area contributed by atoms with E-state index in [0.29, 0.717) is 0 Å². The molecule has 2 atom stereocenters. The van der Waals surface area contributed by atoms with Gasteiger partial charge in [0.15, 0.2) is 12.2 Å². The Morgan fingerprint density at radius 2 is 0.929 bits per heavy atom. The van der Waals surface area contributed by atoms with Crippen LogP contribution >= 0.6 is 0 Å². The third-order valence-electron chi connectivity index (χ3n) is 1.40. The lowest BCUT2D eigenvalue weighted by molar-refractivity contribution is -0.146. The number of hydrogen-bond acceptors (Lipinski definition) is 2. The first kappa shape index (κ1) is 11.6. The molecule has 8 heteroatoms. The SMILES string of the molecule is FC(F)(F)C1CO1.FC(F)(F)[C@H]1CO1. The molecule has 2 heterocycles. The first-order valence-corrected chi connectivity index (χ1v) is 3.58. The minimum Gasteiger partial charge on any atom is -0.363 e. The Balaban J connectivity index is 0.000000140. The van der Waals surface area contributed by atoms with Gasteiger partial charge in [0.25, 0.3) is 0 Å². The van der Waals surface area contributed by atoms with Gasteiger partial charge in [0, 0.05) is 0 Å². The number of alkyl halides is 6. The summed E-state index contributed by atoms with van der Waals surface area (Å²) in [7, 11) is 0. The molecule has 2 rings (SSSR count). The number of epoxide rings is 2. The van der Waals surface area contributed by atoms with Crippen molar-refractivity contribution in [3.63, 3.8) is 0 Å². The molecule has 2 fully saturated rings. The molecular weight excluding hydrogens is 218 g/mol. The molecule has 2 aliphatic heterocycles. The van der Waals surface area contributed by atoms with Crippen LogP contribution in [0.2, 0.25) is 0 Å². The molecule has 0 aromatic carbocycles. The molecule has 0 spiro atoms. The molecule has 0 aromatic rings. The Bertz CT molecular complexity index is 167. The van der Waals surface area contributed by atoms with Gasteiger partial charge in [-0.3, -0.25) is 0 Å². The maximum Gasteiger partial charge on any atom is 0.416 e. The van der Waals surface area contributed by atoms with Gasteiger partial charge >= 0.3 is 12.4 Å². The Morgan fingerprint density at radius 3 is 0.929 bits per heavy atom. The first-order valence-electron chi connectivity index (χ1n) is 3.58. The summed E-state index contributed by atoms with van der Waals surface area (Å²) in [5.74, 6) is 0. The van der Waals surface area contributed by atoms with Crippen LogP contribution in [0.25, 0.3) is 0 Å². The summed E-state index contributed by atoms with van der Waals surface area (Å²) in [6.07, 6.45) is -11.1. The van der Waals surface area contributed by atoms with E-state index >= 15 is 0 Å². The summed E-state index contributed by atoms with van der Waals surface area (Å²) in [4.78, 5) is 0. The van der Waals surface area contributed by atoms with Crippen molar-refractivity contribution in [2.75, 3.05) is 13.2 Å². The minimum absolute atomic E-state index is 0.149. The smallest absolute Gasteiger partial charge is 0.363 e. The molecule has 2 nitrogen and oxygen atoms in total. The van der Waals surface area contributed by atoms with E-state index in [0.717, 1.165) is 0 Å². The van der Waals surface area contributed by atoms with Gasteiger partial charge in [-0.2, -0.15) is 26.3 Å². The molecule has 0 aliphatic carbocycles. The summed E-state index contributed by atoms with van der Waals surface area (Å²) >= 11 is 0. The van der Waals surface area contributed by atoms with Crippen LogP contribution in [-0.4, -0.2) is 37.8 Å². The zero-order valence-corrected chi connectivity index (χ0v) is 6.65. The van der Waals surface area contributed by atoms with Crippen LogP contribution in [0.15, 0.2) is 0 Å². The number of rotatable bonds is 0. The topological polar surface area (TPSA) is 25.1 Å². The third kappa shape index (κ3) is 4.14. The van der Waals surface area contributed by atoms with Crippen molar-refractivity contribution >= 4 is 0 Å². The third-order valence-corrected chi connectivity index (χ3v) is 1.40. The monoisotopic (exact) mass is 224 g/mol. The second kappa shape index (κ2) is 3.58. The maximum atomic E-state index is 11.1. The summed E-state index contributed by atoms with van der Waals surface area (Å²) in [5, 5.41) is 0. The molecule has 84 valence electrons. The van der Waals surface area contributed by atoms with Crippen molar-refractivity contribution in [2.45, 2.75) is 24.6 Å². The van der Waals surface area contributed by atoms with Crippen LogP contribution in [0, 0.1) is 0 Å². The highest BCUT2D eigenvalue weighted by molar-refractivity contribution is 4.77. The van der Waals surface area contributed by atoms with Crippen LogP contribution in [0.5, 0.6) is 0 Å². The van der Waals surface area contributed by atoms with E-state index in [4.69, 9.17) is 0 Å². The molecule has 0 bridgehead atoms. The molecule has 14 heavy (non-hydrogen) atoms. The van der Waals surface area contributed by atoms with Crippen molar-refractivity contribution in [1.29, 1.82) is 0 Å². The second-order valence-electron chi connectivity index (χ2n) is 2.73. The van der Waals surface area contributed by atoms with Gasteiger partial charge in [0.1, 0.15) is 0 Å².